The molecule has 4 rings (SSSR count). The van der Waals surface area contributed by atoms with Crippen LogP contribution in [0.25, 0.3) is 22.4 Å². The van der Waals surface area contributed by atoms with Crippen molar-refractivity contribution < 1.29 is 14.3 Å². The molecule has 0 spiro atoms. The standard InChI is InChI=1S/C24H20ClN3O3/c1-2-21(23(29)26-16-9-7-8-15(25)14-16)31-24(30)18-11-4-3-10-17(18)22-27-19-12-5-6-13-20(19)28-22/h3-14,21H,2H2,1H3,(H,26,29)(H,27,28). The second kappa shape index (κ2) is 9.02. The van der Waals surface area contributed by atoms with E-state index in [0.29, 0.717) is 34.1 Å². The summed E-state index contributed by atoms with van der Waals surface area (Å²) in [5, 5.41) is 3.24. The number of anilines is 1. The molecule has 1 atom stereocenters. The van der Waals surface area contributed by atoms with E-state index in [2.05, 4.69) is 15.3 Å². The second-order valence-corrected chi connectivity index (χ2v) is 7.39. The maximum Gasteiger partial charge on any atom is 0.339 e. The number of imidazole rings is 1. The van der Waals surface area contributed by atoms with E-state index in [1.165, 1.54) is 0 Å². The fraction of sp³-hybridized carbons (Fsp3) is 0.125. The maximum atomic E-state index is 13.0. The van der Waals surface area contributed by atoms with Gasteiger partial charge in [0.2, 0.25) is 0 Å². The van der Waals surface area contributed by atoms with Crippen LogP contribution in [0.2, 0.25) is 5.02 Å². The first kappa shape index (κ1) is 20.6. The fourth-order valence-corrected chi connectivity index (χ4v) is 3.44. The predicted octanol–water partition coefficient (Wildman–Crippen LogP) is 5.46. The number of ether oxygens (including phenoxy) is 1. The highest BCUT2D eigenvalue weighted by Crippen LogP contribution is 2.25. The second-order valence-electron chi connectivity index (χ2n) is 6.95. The lowest BCUT2D eigenvalue weighted by atomic mass is 10.1. The van der Waals surface area contributed by atoms with E-state index in [0.717, 1.165) is 11.0 Å². The number of aromatic amines is 1. The summed E-state index contributed by atoms with van der Waals surface area (Å²) in [6, 6.07) is 21.4. The lowest BCUT2D eigenvalue weighted by Crippen LogP contribution is -2.32. The molecule has 3 aromatic carbocycles. The number of amides is 1. The van der Waals surface area contributed by atoms with Crippen molar-refractivity contribution in [3.63, 3.8) is 0 Å². The summed E-state index contributed by atoms with van der Waals surface area (Å²) in [6.45, 7) is 1.78. The third-order valence-electron chi connectivity index (χ3n) is 4.80. The number of rotatable bonds is 6. The minimum atomic E-state index is -0.949. The Morgan fingerprint density at radius 1 is 1.06 bits per heavy atom. The first-order valence-corrected chi connectivity index (χ1v) is 10.2. The Morgan fingerprint density at radius 2 is 1.84 bits per heavy atom. The number of aromatic nitrogens is 2. The summed E-state index contributed by atoms with van der Waals surface area (Å²) in [4.78, 5) is 33.4. The minimum absolute atomic E-state index is 0.324. The SMILES string of the molecule is CCC(OC(=O)c1ccccc1-c1nc2ccccc2[nH]1)C(=O)Nc1cccc(Cl)c1. The Bertz CT molecular complexity index is 1220. The molecule has 0 aliphatic heterocycles. The number of carbonyl (C=O) groups is 2. The summed E-state index contributed by atoms with van der Waals surface area (Å²) in [7, 11) is 0. The van der Waals surface area contributed by atoms with Gasteiger partial charge < -0.3 is 15.0 Å². The number of hydrogen-bond donors (Lipinski definition) is 2. The zero-order valence-corrected chi connectivity index (χ0v) is 17.5. The molecule has 0 radical (unpaired) electrons. The molecule has 1 unspecified atom stereocenters. The Labute approximate surface area is 184 Å². The van der Waals surface area contributed by atoms with Gasteiger partial charge in [0.1, 0.15) is 5.82 Å². The predicted molar refractivity (Wildman–Crippen MR) is 121 cm³/mol. The van der Waals surface area contributed by atoms with Crippen molar-refractivity contribution >= 4 is 40.2 Å². The van der Waals surface area contributed by atoms with Crippen LogP contribution in [0, 0.1) is 0 Å². The van der Waals surface area contributed by atoms with E-state index in [1.54, 1.807) is 49.4 Å². The fourth-order valence-electron chi connectivity index (χ4n) is 3.25. The average molecular weight is 434 g/mol. The molecule has 1 amide bonds. The molecule has 1 heterocycles. The van der Waals surface area contributed by atoms with E-state index in [9.17, 15) is 9.59 Å². The van der Waals surface area contributed by atoms with Crippen molar-refractivity contribution in [3.05, 3.63) is 83.4 Å². The molecule has 0 aliphatic rings. The molecule has 0 aliphatic carbocycles. The van der Waals surface area contributed by atoms with Crippen LogP contribution in [0.3, 0.4) is 0 Å². The van der Waals surface area contributed by atoms with Crippen LogP contribution in [0.5, 0.6) is 0 Å². The number of esters is 1. The minimum Gasteiger partial charge on any atom is -0.449 e. The Balaban J connectivity index is 1.55. The molecule has 2 N–H and O–H groups in total. The van der Waals surface area contributed by atoms with Gasteiger partial charge in [-0.05, 0) is 42.8 Å². The summed E-state index contributed by atoms with van der Waals surface area (Å²) < 4.78 is 5.56. The van der Waals surface area contributed by atoms with Gasteiger partial charge in [0.15, 0.2) is 6.10 Å². The van der Waals surface area contributed by atoms with Crippen molar-refractivity contribution in [2.45, 2.75) is 19.4 Å². The quantitative estimate of drug-likeness (QED) is 0.395. The molecular formula is C24H20ClN3O3. The molecule has 6 nitrogen and oxygen atoms in total. The van der Waals surface area contributed by atoms with Crippen LogP contribution < -0.4 is 5.32 Å². The van der Waals surface area contributed by atoms with Gasteiger partial charge in [0.05, 0.1) is 16.6 Å². The smallest absolute Gasteiger partial charge is 0.339 e. The first-order valence-electron chi connectivity index (χ1n) is 9.86. The number of para-hydroxylation sites is 2. The molecule has 7 heteroatoms. The van der Waals surface area contributed by atoms with Crippen LogP contribution in [-0.2, 0) is 9.53 Å². The third kappa shape index (κ3) is 4.59. The summed E-state index contributed by atoms with van der Waals surface area (Å²) >= 11 is 5.97. The number of hydrogen-bond acceptors (Lipinski definition) is 4. The van der Waals surface area contributed by atoms with Gasteiger partial charge in [-0.2, -0.15) is 0 Å². The Kier molecular flexibility index (Phi) is 6.00. The summed E-state index contributed by atoms with van der Waals surface area (Å²) in [5.41, 5.74) is 3.14. The molecule has 156 valence electrons. The van der Waals surface area contributed by atoms with Crippen LogP contribution in [0.4, 0.5) is 5.69 Å². The highest BCUT2D eigenvalue weighted by molar-refractivity contribution is 6.30. The molecule has 0 fully saturated rings. The number of fused-ring (bicyclic) bond motifs is 1. The molecule has 1 aromatic heterocycles. The van der Waals surface area contributed by atoms with Crippen molar-refractivity contribution in [1.82, 2.24) is 9.97 Å². The number of nitrogens with one attached hydrogen (secondary N) is 2. The van der Waals surface area contributed by atoms with Gasteiger partial charge >= 0.3 is 5.97 Å². The number of carbonyl (C=O) groups excluding carboxylic acids is 2. The van der Waals surface area contributed by atoms with Gasteiger partial charge in [-0.1, -0.05) is 54.9 Å². The van der Waals surface area contributed by atoms with Gasteiger partial charge in [0.25, 0.3) is 5.91 Å². The zero-order chi connectivity index (χ0) is 21.8. The van der Waals surface area contributed by atoms with Gasteiger partial charge in [-0.15, -0.1) is 0 Å². The first-order chi connectivity index (χ1) is 15.0. The largest absolute Gasteiger partial charge is 0.449 e. The molecule has 4 aromatic rings. The Morgan fingerprint density at radius 3 is 2.61 bits per heavy atom. The molecule has 0 bridgehead atoms. The zero-order valence-electron chi connectivity index (χ0n) is 16.8. The lowest BCUT2D eigenvalue weighted by Gasteiger charge is -2.17. The van der Waals surface area contributed by atoms with Gasteiger partial charge in [-0.25, -0.2) is 9.78 Å². The highest BCUT2D eigenvalue weighted by atomic mass is 35.5. The molecular weight excluding hydrogens is 414 g/mol. The van der Waals surface area contributed by atoms with E-state index < -0.39 is 18.0 Å². The number of H-pyrrole nitrogens is 1. The lowest BCUT2D eigenvalue weighted by molar-refractivity contribution is -0.124. The van der Waals surface area contributed by atoms with Crippen molar-refractivity contribution in [3.8, 4) is 11.4 Å². The van der Waals surface area contributed by atoms with Crippen LogP contribution in [0.15, 0.2) is 72.8 Å². The van der Waals surface area contributed by atoms with Crippen molar-refractivity contribution in [1.29, 1.82) is 0 Å². The average Bonchev–Trinajstić information content (AvgIpc) is 3.21. The van der Waals surface area contributed by atoms with E-state index in [-0.39, 0.29) is 0 Å². The van der Waals surface area contributed by atoms with Gasteiger partial charge in [-0.3, -0.25) is 4.79 Å². The third-order valence-corrected chi connectivity index (χ3v) is 5.03. The van der Waals surface area contributed by atoms with Crippen LogP contribution in [0.1, 0.15) is 23.7 Å². The van der Waals surface area contributed by atoms with Crippen molar-refractivity contribution in [2.75, 3.05) is 5.32 Å². The topological polar surface area (TPSA) is 84.1 Å². The van der Waals surface area contributed by atoms with E-state index in [1.807, 2.05) is 30.3 Å². The highest BCUT2D eigenvalue weighted by Gasteiger charge is 2.24. The summed E-state index contributed by atoms with van der Waals surface area (Å²) in [6.07, 6.45) is -0.625. The van der Waals surface area contributed by atoms with Crippen LogP contribution >= 0.6 is 11.6 Å². The van der Waals surface area contributed by atoms with Gasteiger partial charge in [0, 0.05) is 16.3 Å². The van der Waals surface area contributed by atoms with Crippen molar-refractivity contribution in [2.24, 2.45) is 0 Å². The maximum absolute atomic E-state index is 13.0. The number of nitrogens with zero attached hydrogens (tertiary/aromatic N) is 1. The molecule has 31 heavy (non-hydrogen) atoms. The molecule has 0 saturated heterocycles. The van der Waals surface area contributed by atoms with E-state index >= 15 is 0 Å². The Hall–Kier alpha value is -3.64. The number of benzene rings is 3. The summed E-state index contributed by atoms with van der Waals surface area (Å²) in [5.74, 6) is -0.450. The van der Waals surface area contributed by atoms with Crippen LogP contribution in [-0.4, -0.2) is 27.9 Å². The van der Waals surface area contributed by atoms with E-state index in [4.69, 9.17) is 16.3 Å². The normalized spacial score (nSPS) is 11.8. The number of halogens is 1. The monoisotopic (exact) mass is 433 g/mol. The molecule has 0 saturated carbocycles.